The fraction of sp³-hybridized carbons (Fsp3) is 0.500. The molecule has 1 fully saturated rings. The van der Waals surface area contributed by atoms with Gasteiger partial charge in [0.2, 0.25) is 0 Å². The predicted molar refractivity (Wildman–Crippen MR) is 60.8 cm³/mol. The van der Waals surface area contributed by atoms with Crippen LogP contribution in [0.25, 0.3) is 0 Å². The number of amides is 1. The van der Waals surface area contributed by atoms with Gasteiger partial charge in [0.25, 0.3) is 5.91 Å². The minimum atomic E-state index is -0.498. The fourth-order valence-electron chi connectivity index (χ4n) is 1.79. The first-order valence-corrected chi connectivity index (χ1v) is 5.30. The summed E-state index contributed by atoms with van der Waals surface area (Å²) in [7, 11) is 3.24. The second-order valence-corrected chi connectivity index (χ2v) is 4.12. The van der Waals surface area contributed by atoms with Gasteiger partial charge in [0.05, 0.1) is 13.1 Å². The smallest absolute Gasteiger partial charge is 0.323 e. The van der Waals surface area contributed by atoms with E-state index in [1.807, 2.05) is 0 Å². The topological polar surface area (TPSA) is 80.4 Å². The van der Waals surface area contributed by atoms with Gasteiger partial charge < -0.3 is 20.3 Å². The zero-order valence-electron chi connectivity index (χ0n) is 9.71. The lowest BCUT2D eigenvalue weighted by Gasteiger charge is -2.35. The summed E-state index contributed by atoms with van der Waals surface area (Å²) >= 11 is 0. The minimum absolute atomic E-state index is 0.0755. The molecule has 1 aromatic rings. The van der Waals surface area contributed by atoms with Crippen LogP contribution in [0.2, 0.25) is 0 Å². The van der Waals surface area contributed by atoms with E-state index < -0.39 is 4.92 Å². The molecule has 0 atom stereocenters. The Hall–Kier alpha value is -1.89. The van der Waals surface area contributed by atoms with Crippen LogP contribution in [0, 0.1) is 10.1 Å². The summed E-state index contributed by atoms with van der Waals surface area (Å²) < 4.78 is 1.31. The van der Waals surface area contributed by atoms with Gasteiger partial charge in [-0.05, 0) is 11.0 Å². The summed E-state index contributed by atoms with van der Waals surface area (Å²) in [6.07, 6.45) is 0. The van der Waals surface area contributed by atoms with Crippen LogP contribution in [0.1, 0.15) is 10.5 Å². The first-order chi connectivity index (χ1) is 8.02. The molecule has 2 heterocycles. The Morgan fingerprint density at radius 1 is 1.59 bits per heavy atom. The lowest BCUT2D eigenvalue weighted by Crippen LogP contribution is -2.57. The number of carbonyl (C=O) groups excluding carboxylic acids is 1. The van der Waals surface area contributed by atoms with Crippen molar-refractivity contribution in [2.24, 2.45) is 7.05 Å². The highest BCUT2D eigenvalue weighted by Crippen LogP contribution is 2.17. The lowest BCUT2D eigenvalue weighted by atomic mass is 10.1. The van der Waals surface area contributed by atoms with Crippen molar-refractivity contribution in [2.45, 2.75) is 6.04 Å². The Morgan fingerprint density at radius 2 is 2.24 bits per heavy atom. The van der Waals surface area contributed by atoms with Crippen molar-refractivity contribution >= 4 is 11.7 Å². The molecule has 0 spiro atoms. The van der Waals surface area contributed by atoms with Gasteiger partial charge in [-0.15, -0.1) is 0 Å². The second-order valence-electron chi connectivity index (χ2n) is 4.12. The van der Waals surface area contributed by atoms with Gasteiger partial charge in [0.1, 0.15) is 0 Å². The SMILES string of the molecule is CN(C(=O)c1ccc([N+](=O)[O-])n1C)C1CNC1. The van der Waals surface area contributed by atoms with E-state index in [0.29, 0.717) is 5.69 Å². The van der Waals surface area contributed by atoms with Gasteiger partial charge in [0.15, 0.2) is 5.69 Å². The number of hydrogen-bond donors (Lipinski definition) is 1. The van der Waals surface area contributed by atoms with E-state index in [9.17, 15) is 14.9 Å². The molecule has 1 saturated heterocycles. The van der Waals surface area contributed by atoms with E-state index in [4.69, 9.17) is 0 Å². The minimum Gasteiger partial charge on any atom is -0.358 e. The summed E-state index contributed by atoms with van der Waals surface area (Å²) in [5.74, 6) is -0.263. The van der Waals surface area contributed by atoms with Crippen LogP contribution in [0.4, 0.5) is 5.82 Å². The number of likely N-dealkylation sites (N-methyl/N-ethyl adjacent to an activating group) is 1. The van der Waals surface area contributed by atoms with Gasteiger partial charge in [-0.25, -0.2) is 4.57 Å². The number of rotatable bonds is 3. The van der Waals surface area contributed by atoms with Crippen molar-refractivity contribution in [3.8, 4) is 0 Å². The maximum atomic E-state index is 12.1. The van der Waals surface area contributed by atoms with Crippen LogP contribution in [-0.2, 0) is 7.05 Å². The fourth-order valence-corrected chi connectivity index (χ4v) is 1.79. The summed E-state index contributed by atoms with van der Waals surface area (Å²) in [5.41, 5.74) is 0.339. The van der Waals surface area contributed by atoms with Crippen molar-refractivity contribution in [1.82, 2.24) is 14.8 Å². The average Bonchev–Trinajstić information content (AvgIpc) is 2.56. The highest BCUT2D eigenvalue weighted by Gasteiger charge is 2.30. The molecule has 1 amide bonds. The Morgan fingerprint density at radius 3 is 2.65 bits per heavy atom. The molecule has 1 aromatic heterocycles. The molecule has 7 heteroatoms. The lowest BCUT2D eigenvalue weighted by molar-refractivity contribution is -0.391. The van der Waals surface area contributed by atoms with Crippen LogP contribution in [0.5, 0.6) is 0 Å². The Labute approximate surface area is 98.2 Å². The zero-order chi connectivity index (χ0) is 12.6. The number of nitrogens with zero attached hydrogens (tertiary/aromatic N) is 3. The standard InChI is InChI=1S/C10H14N4O3/c1-12(7-5-11-6-7)10(15)8-3-4-9(13(8)2)14(16)17/h3-4,7,11H,5-6H2,1-2H3. The van der Waals surface area contributed by atoms with Gasteiger partial charge in [0, 0.05) is 26.2 Å². The molecule has 0 bridgehead atoms. The van der Waals surface area contributed by atoms with E-state index in [1.165, 1.54) is 23.7 Å². The normalized spacial score (nSPS) is 15.4. The number of aromatic nitrogens is 1. The Kier molecular flexibility index (Phi) is 2.84. The van der Waals surface area contributed by atoms with E-state index in [0.717, 1.165) is 13.1 Å². The Balaban J connectivity index is 2.21. The van der Waals surface area contributed by atoms with Crippen LogP contribution in [0.15, 0.2) is 12.1 Å². The molecule has 92 valence electrons. The molecule has 0 radical (unpaired) electrons. The Bertz CT molecular complexity index is 464. The molecular weight excluding hydrogens is 224 g/mol. The average molecular weight is 238 g/mol. The van der Waals surface area contributed by atoms with Crippen molar-refractivity contribution in [3.63, 3.8) is 0 Å². The number of carbonyl (C=O) groups is 1. The van der Waals surface area contributed by atoms with Crippen molar-refractivity contribution in [1.29, 1.82) is 0 Å². The van der Waals surface area contributed by atoms with E-state index >= 15 is 0 Å². The molecule has 7 nitrogen and oxygen atoms in total. The summed E-state index contributed by atoms with van der Waals surface area (Å²) in [6.45, 7) is 1.55. The van der Waals surface area contributed by atoms with Gasteiger partial charge >= 0.3 is 5.82 Å². The second kappa shape index (κ2) is 4.17. The third-order valence-electron chi connectivity index (χ3n) is 3.13. The molecule has 0 aromatic carbocycles. The maximum Gasteiger partial charge on any atom is 0.323 e. The highest BCUT2D eigenvalue weighted by molar-refractivity contribution is 5.93. The number of nitro groups is 1. The van der Waals surface area contributed by atoms with Crippen LogP contribution in [-0.4, -0.2) is 46.5 Å². The molecule has 17 heavy (non-hydrogen) atoms. The van der Waals surface area contributed by atoms with Gasteiger partial charge in [-0.3, -0.25) is 4.79 Å². The molecule has 2 rings (SSSR count). The molecule has 1 aliphatic heterocycles. The van der Waals surface area contributed by atoms with Gasteiger partial charge in [-0.1, -0.05) is 0 Å². The van der Waals surface area contributed by atoms with Crippen molar-refractivity contribution < 1.29 is 9.72 Å². The molecule has 1 aliphatic rings. The van der Waals surface area contributed by atoms with Crippen LogP contribution in [0.3, 0.4) is 0 Å². The maximum absolute atomic E-state index is 12.1. The molecule has 0 saturated carbocycles. The first-order valence-electron chi connectivity index (χ1n) is 5.30. The first kappa shape index (κ1) is 11.6. The van der Waals surface area contributed by atoms with E-state index in [1.54, 1.807) is 11.9 Å². The van der Waals surface area contributed by atoms with Crippen LogP contribution >= 0.6 is 0 Å². The third kappa shape index (κ3) is 1.89. The molecule has 1 N–H and O–H groups in total. The monoisotopic (exact) mass is 238 g/mol. The molecule has 0 aliphatic carbocycles. The predicted octanol–water partition coefficient (Wildman–Crippen LogP) is -0.0229. The molecule has 0 unspecified atom stereocenters. The van der Waals surface area contributed by atoms with Gasteiger partial charge in [-0.2, -0.15) is 0 Å². The van der Waals surface area contributed by atoms with Crippen LogP contribution < -0.4 is 5.32 Å². The van der Waals surface area contributed by atoms with Crippen molar-refractivity contribution in [3.05, 3.63) is 27.9 Å². The number of hydrogen-bond acceptors (Lipinski definition) is 4. The zero-order valence-corrected chi connectivity index (χ0v) is 9.71. The number of nitrogens with one attached hydrogen (secondary N) is 1. The summed E-state index contributed by atoms with van der Waals surface area (Å²) in [5, 5.41) is 13.8. The summed E-state index contributed by atoms with van der Waals surface area (Å²) in [4.78, 5) is 23.9. The molecular formula is C10H14N4O3. The van der Waals surface area contributed by atoms with E-state index in [2.05, 4.69) is 5.32 Å². The highest BCUT2D eigenvalue weighted by atomic mass is 16.6. The largest absolute Gasteiger partial charge is 0.358 e. The van der Waals surface area contributed by atoms with E-state index in [-0.39, 0.29) is 17.8 Å². The van der Waals surface area contributed by atoms with Crippen molar-refractivity contribution in [2.75, 3.05) is 20.1 Å². The summed E-state index contributed by atoms with van der Waals surface area (Å²) in [6, 6.07) is 3.01. The third-order valence-corrected chi connectivity index (χ3v) is 3.13. The quantitative estimate of drug-likeness (QED) is 0.592.